The maximum absolute atomic E-state index is 9.64. The standard InChI is InChI=1S/C4H5N2O/c5-3-1-2-4(6)7/h6H,3,5H2. The highest BCUT2D eigenvalue weighted by Gasteiger charge is 1.76. The summed E-state index contributed by atoms with van der Waals surface area (Å²) >= 11 is 0. The van der Waals surface area contributed by atoms with Crippen LogP contribution in [0.15, 0.2) is 0 Å². The molecule has 0 aliphatic carbocycles. The molecule has 7 heavy (non-hydrogen) atoms. The predicted molar refractivity (Wildman–Crippen MR) is 24.9 cm³/mol. The van der Waals surface area contributed by atoms with Gasteiger partial charge in [-0.25, -0.2) is 0 Å². The Morgan fingerprint density at radius 3 is 2.57 bits per heavy atom. The monoisotopic (exact) mass is 97.0 g/mol. The Hall–Kier alpha value is -1.01. The van der Waals surface area contributed by atoms with Crippen LogP contribution in [0, 0.1) is 11.8 Å². The summed E-state index contributed by atoms with van der Waals surface area (Å²) < 4.78 is 0. The molecule has 0 atom stereocenters. The first-order chi connectivity index (χ1) is 3.27. The molecule has 3 N–H and O–H groups in total. The van der Waals surface area contributed by atoms with Crippen LogP contribution in [0.2, 0.25) is 0 Å². The first-order valence-electron chi connectivity index (χ1n) is 1.72. The van der Waals surface area contributed by atoms with Gasteiger partial charge in [-0.2, -0.15) is 0 Å². The zero-order valence-corrected chi connectivity index (χ0v) is 3.69. The molecule has 0 aromatic rings. The summed E-state index contributed by atoms with van der Waals surface area (Å²) in [6, 6.07) is 0. The van der Waals surface area contributed by atoms with E-state index in [2.05, 4.69) is 5.92 Å². The van der Waals surface area contributed by atoms with Crippen molar-refractivity contribution in [2.24, 2.45) is 5.73 Å². The van der Waals surface area contributed by atoms with Crippen molar-refractivity contribution in [1.29, 1.82) is 0 Å². The van der Waals surface area contributed by atoms with E-state index in [9.17, 15) is 4.79 Å². The van der Waals surface area contributed by atoms with Gasteiger partial charge in [-0.05, 0) is 5.92 Å². The molecule has 3 heteroatoms. The lowest BCUT2D eigenvalue weighted by molar-refractivity contribution is -0.113. The molecule has 37 valence electrons. The average Bonchev–Trinajstić information content (AvgIpc) is 1.61. The lowest BCUT2D eigenvalue weighted by Crippen LogP contribution is -1.96. The summed E-state index contributed by atoms with van der Waals surface area (Å²) in [7, 11) is 0. The number of hydrogen-bond acceptors (Lipinski definition) is 2. The van der Waals surface area contributed by atoms with Gasteiger partial charge >= 0.3 is 5.91 Å². The first-order valence-corrected chi connectivity index (χ1v) is 1.72. The van der Waals surface area contributed by atoms with Gasteiger partial charge in [0.1, 0.15) is 0 Å². The summed E-state index contributed by atoms with van der Waals surface area (Å²) in [5.74, 6) is 3.30. The minimum atomic E-state index is -0.884. The van der Waals surface area contributed by atoms with E-state index in [1.807, 2.05) is 5.92 Å². The number of carbonyl (C=O) groups excluding carboxylic acids is 1. The maximum atomic E-state index is 9.64. The zero-order chi connectivity index (χ0) is 5.70. The number of hydrogen-bond donors (Lipinski definition) is 1. The second-order valence-corrected chi connectivity index (χ2v) is 0.835. The largest absolute Gasteiger partial charge is 0.320 e. The quantitative estimate of drug-likeness (QED) is 0.384. The van der Waals surface area contributed by atoms with Crippen LogP contribution >= 0.6 is 0 Å². The average molecular weight is 97.1 g/mol. The van der Waals surface area contributed by atoms with Gasteiger partial charge in [0.05, 0.1) is 6.54 Å². The molecule has 0 saturated heterocycles. The van der Waals surface area contributed by atoms with Crippen LogP contribution < -0.4 is 11.5 Å². The van der Waals surface area contributed by atoms with Gasteiger partial charge in [0, 0.05) is 0 Å². The Morgan fingerprint density at radius 2 is 2.43 bits per heavy atom. The first kappa shape index (κ1) is 5.99. The number of amides is 1. The van der Waals surface area contributed by atoms with E-state index in [0.29, 0.717) is 0 Å². The maximum Gasteiger partial charge on any atom is 0.314 e. The molecule has 0 rings (SSSR count). The Morgan fingerprint density at radius 1 is 1.86 bits per heavy atom. The van der Waals surface area contributed by atoms with Gasteiger partial charge in [-0.15, -0.1) is 0 Å². The molecule has 0 unspecified atom stereocenters. The smallest absolute Gasteiger partial charge is 0.314 e. The van der Waals surface area contributed by atoms with E-state index >= 15 is 0 Å². The van der Waals surface area contributed by atoms with Crippen LogP contribution in [-0.4, -0.2) is 12.5 Å². The van der Waals surface area contributed by atoms with Crippen molar-refractivity contribution in [3.63, 3.8) is 0 Å². The number of rotatable bonds is 0. The third kappa shape index (κ3) is 4.99. The normalized spacial score (nSPS) is 6.43. The lowest BCUT2D eigenvalue weighted by Gasteiger charge is -1.67. The second kappa shape index (κ2) is 3.19. The Balaban J connectivity index is 3.45. The van der Waals surface area contributed by atoms with Crippen LogP contribution in [0.3, 0.4) is 0 Å². The topological polar surface area (TPSA) is 66.9 Å². The summed E-state index contributed by atoms with van der Waals surface area (Å²) in [6.07, 6.45) is 0. The third-order valence-corrected chi connectivity index (χ3v) is 0.304. The van der Waals surface area contributed by atoms with Crippen LogP contribution in [0.25, 0.3) is 0 Å². The molecular formula is C4H5N2O. The minimum absolute atomic E-state index is 0.143. The van der Waals surface area contributed by atoms with Crippen molar-refractivity contribution in [1.82, 2.24) is 5.73 Å². The molecule has 0 aliphatic heterocycles. The summed E-state index contributed by atoms with van der Waals surface area (Å²) in [5, 5.41) is 0. The molecule has 1 amide bonds. The highest BCUT2D eigenvalue weighted by molar-refractivity contribution is 5.91. The Kier molecular flexibility index (Phi) is 2.73. The number of nitrogens with two attached hydrogens (primary N) is 1. The van der Waals surface area contributed by atoms with Crippen LogP contribution in [0.5, 0.6) is 0 Å². The molecule has 0 aliphatic rings. The van der Waals surface area contributed by atoms with Gasteiger partial charge in [0.2, 0.25) is 0 Å². The van der Waals surface area contributed by atoms with Crippen molar-refractivity contribution < 1.29 is 4.79 Å². The summed E-state index contributed by atoms with van der Waals surface area (Å²) in [5.41, 5.74) is 11.1. The molecule has 0 bridgehead atoms. The Bertz CT molecular complexity index is 119. The highest BCUT2D eigenvalue weighted by atomic mass is 16.1. The molecule has 0 spiro atoms. The third-order valence-electron chi connectivity index (χ3n) is 0.304. The number of nitrogens with one attached hydrogen (secondary N) is 1. The van der Waals surface area contributed by atoms with E-state index in [4.69, 9.17) is 11.5 Å². The fourth-order valence-corrected chi connectivity index (χ4v) is 0.131. The summed E-state index contributed by atoms with van der Waals surface area (Å²) in [6.45, 7) is 0.143. The molecular weight excluding hydrogens is 92.1 g/mol. The van der Waals surface area contributed by atoms with Crippen molar-refractivity contribution in [2.75, 3.05) is 6.54 Å². The van der Waals surface area contributed by atoms with Crippen LogP contribution in [0.4, 0.5) is 0 Å². The van der Waals surface area contributed by atoms with Crippen molar-refractivity contribution >= 4 is 5.91 Å². The zero-order valence-electron chi connectivity index (χ0n) is 3.69. The fourth-order valence-electron chi connectivity index (χ4n) is 0.131. The van der Waals surface area contributed by atoms with E-state index in [1.54, 1.807) is 0 Å². The molecule has 0 heterocycles. The van der Waals surface area contributed by atoms with Gasteiger partial charge in [-0.3, -0.25) is 10.5 Å². The van der Waals surface area contributed by atoms with Gasteiger partial charge in [0.25, 0.3) is 0 Å². The van der Waals surface area contributed by atoms with E-state index in [1.165, 1.54) is 0 Å². The van der Waals surface area contributed by atoms with E-state index in [-0.39, 0.29) is 6.54 Å². The highest BCUT2D eigenvalue weighted by Crippen LogP contribution is 1.50. The van der Waals surface area contributed by atoms with E-state index < -0.39 is 5.91 Å². The van der Waals surface area contributed by atoms with Crippen LogP contribution in [-0.2, 0) is 4.79 Å². The molecule has 0 aromatic heterocycles. The second-order valence-electron chi connectivity index (χ2n) is 0.835. The molecule has 0 saturated carbocycles. The van der Waals surface area contributed by atoms with Crippen LogP contribution in [0.1, 0.15) is 0 Å². The fraction of sp³-hybridized carbons (Fsp3) is 0.250. The van der Waals surface area contributed by atoms with Gasteiger partial charge in [0.15, 0.2) is 0 Å². The molecule has 1 radical (unpaired) electrons. The Labute approximate surface area is 41.7 Å². The van der Waals surface area contributed by atoms with Gasteiger partial charge in [-0.1, -0.05) is 5.92 Å². The predicted octanol–water partition coefficient (Wildman–Crippen LogP) is -1.24. The molecule has 0 aromatic carbocycles. The molecule has 3 nitrogen and oxygen atoms in total. The number of carbonyl (C=O) groups is 1. The lowest BCUT2D eigenvalue weighted by atomic mass is 10.5. The van der Waals surface area contributed by atoms with Crippen molar-refractivity contribution in [3.05, 3.63) is 0 Å². The molecule has 0 fully saturated rings. The SMILES string of the molecule is [NH]C(=O)C#CCN. The van der Waals surface area contributed by atoms with Crippen molar-refractivity contribution in [2.45, 2.75) is 0 Å². The minimum Gasteiger partial charge on any atom is -0.320 e. The van der Waals surface area contributed by atoms with Gasteiger partial charge < -0.3 is 5.73 Å². The van der Waals surface area contributed by atoms with Crippen molar-refractivity contribution in [3.8, 4) is 11.8 Å². The van der Waals surface area contributed by atoms with E-state index in [0.717, 1.165) is 0 Å². The summed E-state index contributed by atoms with van der Waals surface area (Å²) in [4.78, 5) is 9.64.